The normalized spacial score (nSPS) is 24.6. The van der Waals surface area contributed by atoms with E-state index in [9.17, 15) is 4.79 Å². The highest BCUT2D eigenvalue weighted by molar-refractivity contribution is 5.67. The van der Waals surface area contributed by atoms with Crippen molar-refractivity contribution in [1.82, 2.24) is 20.8 Å². The second-order valence-corrected chi connectivity index (χ2v) is 7.75. The molecule has 1 aliphatic carbocycles. The van der Waals surface area contributed by atoms with Gasteiger partial charge in [0, 0.05) is 12.1 Å². The number of alkyl carbamates (subject to hydrolysis) is 1. The van der Waals surface area contributed by atoms with Gasteiger partial charge in [0.05, 0.1) is 6.54 Å². The summed E-state index contributed by atoms with van der Waals surface area (Å²) in [5, 5.41) is 10.3. The first-order valence-electron chi connectivity index (χ1n) is 8.71. The maximum Gasteiger partial charge on any atom is 0.407 e. The summed E-state index contributed by atoms with van der Waals surface area (Å²) in [6, 6.07) is 0. The molecule has 0 saturated heterocycles. The lowest BCUT2D eigenvalue weighted by atomic mass is 9.73. The molecule has 24 heavy (non-hydrogen) atoms. The van der Waals surface area contributed by atoms with Crippen molar-refractivity contribution >= 4 is 6.09 Å². The Morgan fingerprint density at radius 3 is 2.75 bits per heavy atom. The smallest absolute Gasteiger partial charge is 0.407 e. The van der Waals surface area contributed by atoms with Crippen LogP contribution in [0.4, 0.5) is 4.79 Å². The van der Waals surface area contributed by atoms with Crippen LogP contribution in [0.2, 0.25) is 0 Å². The van der Waals surface area contributed by atoms with Crippen LogP contribution in [0.25, 0.3) is 0 Å². The Morgan fingerprint density at radius 1 is 1.42 bits per heavy atom. The van der Waals surface area contributed by atoms with Gasteiger partial charge in [-0.3, -0.25) is 0 Å². The Kier molecular flexibility index (Phi) is 5.85. The Bertz CT molecular complexity index is 552. The van der Waals surface area contributed by atoms with E-state index in [1.54, 1.807) is 6.92 Å². The van der Waals surface area contributed by atoms with E-state index in [1.165, 1.54) is 6.42 Å². The van der Waals surface area contributed by atoms with E-state index < -0.39 is 5.60 Å². The van der Waals surface area contributed by atoms with E-state index in [0.717, 1.165) is 19.3 Å². The Morgan fingerprint density at radius 2 is 2.17 bits per heavy atom. The molecule has 0 aliphatic heterocycles. The molecule has 1 saturated carbocycles. The zero-order chi connectivity index (χ0) is 17.8. The third-order valence-corrected chi connectivity index (χ3v) is 4.56. The van der Waals surface area contributed by atoms with Crippen LogP contribution in [0.3, 0.4) is 0 Å². The molecule has 136 valence electrons. The summed E-state index contributed by atoms with van der Waals surface area (Å²) >= 11 is 0. The van der Waals surface area contributed by atoms with Gasteiger partial charge in [0.25, 0.3) is 0 Å². The molecule has 7 heteroatoms. The highest BCUT2D eigenvalue weighted by Gasteiger charge is 2.38. The quantitative estimate of drug-likeness (QED) is 0.858. The fourth-order valence-corrected chi connectivity index (χ4v) is 3.21. The zero-order valence-electron chi connectivity index (χ0n) is 15.4. The van der Waals surface area contributed by atoms with Crippen LogP contribution in [0.5, 0.6) is 0 Å². The average molecular weight is 338 g/mol. The fourth-order valence-electron chi connectivity index (χ4n) is 3.21. The largest absolute Gasteiger partial charge is 0.444 e. The van der Waals surface area contributed by atoms with Crippen LogP contribution >= 0.6 is 0 Å². The summed E-state index contributed by atoms with van der Waals surface area (Å²) in [5.74, 6) is 1.64. The van der Waals surface area contributed by atoms with Crippen molar-refractivity contribution in [1.29, 1.82) is 0 Å². The first kappa shape index (κ1) is 18.7. The molecule has 1 aromatic heterocycles. The van der Waals surface area contributed by atoms with Gasteiger partial charge in [-0.2, -0.15) is 4.98 Å². The van der Waals surface area contributed by atoms with Crippen LogP contribution in [-0.4, -0.2) is 33.9 Å². The number of hydrogen-bond donors (Lipinski definition) is 2. The van der Waals surface area contributed by atoms with Crippen LogP contribution in [0, 0.1) is 12.8 Å². The number of hydrogen-bond acceptors (Lipinski definition) is 6. The van der Waals surface area contributed by atoms with Gasteiger partial charge in [0.2, 0.25) is 5.89 Å². The Labute approximate surface area is 143 Å². The van der Waals surface area contributed by atoms with Gasteiger partial charge >= 0.3 is 6.09 Å². The number of nitrogens with one attached hydrogen (secondary N) is 2. The second kappa shape index (κ2) is 7.51. The Hall–Kier alpha value is -1.63. The average Bonchev–Trinajstić information content (AvgIpc) is 2.89. The molecule has 0 bridgehead atoms. The number of rotatable bonds is 5. The molecular weight excluding hydrogens is 308 g/mol. The van der Waals surface area contributed by atoms with Gasteiger partial charge in [0.1, 0.15) is 5.60 Å². The maximum absolute atomic E-state index is 12.0. The third kappa shape index (κ3) is 5.19. The van der Waals surface area contributed by atoms with Crippen molar-refractivity contribution in [2.24, 2.45) is 5.92 Å². The molecule has 1 aromatic rings. The number of amides is 1. The zero-order valence-corrected chi connectivity index (χ0v) is 15.4. The van der Waals surface area contributed by atoms with Crippen molar-refractivity contribution in [3.63, 3.8) is 0 Å². The fraction of sp³-hybridized carbons (Fsp3) is 0.824. The number of aromatic nitrogens is 2. The molecule has 1 fully saturated rings. The lowest BCUT2D eigenvalue weighted by Gasteiger charge is -2.43. The minimum Gasteiger partial charge on any atom is -0.444 e. The number of ether oxygens (including phenoxy) is 1. The monoisotopic (exact) mass is 338 g/mol. The van der Waals surface area contributed by atoms with E-state index in [2.05, 4.69) is 27.7 Å². The topological polar surface area (TPSA) is 89.3 Å². The molecule has 2 rings (SSSR count). The number of aryl methyl sites for hydroxylation is 1. The predicted molar refractivity (Wildman–Crippen MR) is 90.5 cm³/mol. The lowest BCUT2D eigenvalue weighted by Crippen LogP contribution is -2.59. The standard InChI is InChI=1S/C17H30N4O3/c1-12-8-6-7-9-17(12,11-18-15(22)23-16(3,4)5)19-10-14-20-13(2)21-24-14/h12,19H,6-11H2,1-5H3,(H,18,22)/t12-,17-/m1/s1. The van der Waals surface area contributed by atoms with E-state index in [0.29, 0.717) is 30.7 Å². The SMILES string of the molecule is Cc1noc(CN[C@@]2(CNC(=O)OC(C)(C)C)CCCC[C@H]2C)n1. The van der Waals surface area contributed by atoms with Crippen LogP contribution in [-0.2, 0) is 11.3 Å². The summed E-state index contributed by atoms with van der Waals surface area (Å²) in [6.45, 7) is 10.6. The Balaban J connectivity index is 1.99. The summed E-state index contributed by atoms with van der Waals surface area (Å²) in [5.41, 5.74) is -0.679. The van der Waals surface area contributed by atoms with Crippen LogP contribution < -0.4 is 10.6 Å². The van der Waals surface area contributed by atoms with Gasteiger partial charge in [-0.15, -0.1) is 0 Å². The van der Waals surface area contributed by atoms with Crippen molar-refractivity contribution in [3.05, 3.63) is 11.7 Å². The molecule has 1 amide bonds. The molecule has 0 unspecified atom stereocenters. The number of carbonyl (C=O) groups is 1. The van der Waals surface area contributed by atoms with E-state index in [1.807, 2.05) is 20.8 Å². The highest BCUT2D eigenvalue weighted by Crippen LogP contribution is 2.33. The molecule has 0 spiro atoms. The first-order chi connectivity index (χ1) is 11.2. The van der Waals surface area contributed by atoms with Crippen LogP contribution in [0.15, 0.2) is 4.52 Å². The van der Waals surface area contributed by atoms with Gasteiger partial charge in [0.15, 0.2) is 5.82 Å². The molecule has 7 nitrogen and oxygen atoms in total. The molecule has 0 aromatic carbocycles. The van der Waals surface area contributed by atoms with Crippen molar-refractivity contribution in [3.8, 4) is 0 Å². The summed E-state index contributed by atoms with van der Waals surface area (Å²) < 4.78 is 10.5. The summed E-state index contributed by atoms with van der Waals surface area (Å²) in [6.07, 6.45) is 4.10. The minimum absolute atomic E-state index is 0.183. The van der Waals surface area contributed by atoms with E-state index in [-0.39, 0.29) is 11.6 Å². The second-order valence-electron chi connectivity index (χ2n) is 7.75. The third-order valence-electron chi connectivity index (χ3n) is 4.56. The number of nitrogens with zero attached hydrogens (tertiary/aromatic N) is 2. The number of carbonyl (C=O) groups excluding carboxylic acids is 1. The molecule has 2 atom stereocenters. The van der Waals surface area contributed by atoms with E-state index in [4.69, 9.17) is 9.26 Å². The first-order valence-corrected chi connectivity index (χ1v) is 8.71. The predicted octanol–water partition coefficient (Wildman–Crippen LogP) is 2.94. The van der Waals surface area contributed by atoms with Gasteiger partial charge in [-0.1, -0.05) is 24.9 Å². The van der Waals surface area contributed by atoms with Crippen molar-refractivity contribution < 1.29 is 14.1 Å². The summed E-state index contributed by atoms with van der Waals surface area (Å²) in [4.78, 5) is 16.3. The van der Waals surface area contributed by atoms with Crippen molar-refractivity contribution in [2.75, 3.05) is 6.54 Å². The van der Waals surface area contributed by atoms with E-state index >= 15 is 0 Å². The van der Waals surface area contributed by atoms with Gasteiger partial charge < -0.3 is 19.9 Å². The van der Waals surface area contributed by atoms with Gasteiger partial charge in [-0.25, -0.2) is 4.79 Å². The van der Waals surface area contributed by atoms with Crippen molar-refractivity contribution in [2.45, 2.75) is 78.0 Å². The minimum atomic E-state index is -0.496. The van der Waals surface area contributed by atoms with Crippen LogP contribution in [0.1, 0.15) is 65.1 Å². The highest BCUT2D eigenvalue weighted by atomic mass is 16.6. The van der Waals surface area contributed by atoms with Gasteiger partial charge in [-0.05, 0) is 46.5 Å². The maximum atomic E-state index is 12.0. The molecule has 2 N–H and O–H groups in total. The molecule has 1 heterocycles. The lowest BCUT2D eigenvalue weighted by molar-refractivity contribution is 0.0478. The molecule has 0 radical (unpaired) electrons. The molecular formula is C17H30N4O3. The summed E-state index contributed by atoms with van der Waals surface area (Å²) in [7, 11) is 0. The molecule has 1 aliphatic rings.